The van der Waals surface area contributed by atoms with Gasteiger partial charge in [-0.05, 0) is 18.3 Å². The van der Waals surface area contributed by atoms with Gasteiger partial charge in [-0.25, -0.2) is 0 Å². The Balaban J connectivity index is 2.63. The molecule has 84 valence electrons. The topological polar surface area (TPSA) is 72.1 Å². The van der Waals surface area contributed by atoms with E-state index in [1.807, 2.05) is 0 Å². The van der Waals surface area contributed by atoms with Crippen LogP contribution in [0.4, 0.5) is 5.69 Å². The van der Waals surface area contributed by atoms with E-state index in [9.17, 15) is 10.1 Å². The molecule has 1 heterocycles. The molecule has 0 bridgehead atoms. The molecule has 0 amide bonds. The van der Waals surface area contributed by atoms with Crippen LogP contribution in [0.3, 0.4) is 0 Å². The van der Waals surface area contributed by atoms with Crippen LogP contribution in [-0.2, 0) is 0 Å². The van der Waals surface area contributed by atoms with Gasteiger partial charge in [-0.15, -0.1) is 0 Å². The van der Waals surface area contributed by atoms with Crippen molar-refractivity contribution in [1.29, 1.82) is 0 Å². The molecule has 0 unspecified atom stereocenters. The summed E-state index contributed by atoms with van der Waals surface area (Å²) in [5, 5.41) is 12.2. The molecule has 0 atom stereocenters. The summed E-state index contributed by atoms with van der Waals surface area (Å²) in [5.74, 6) is 0. The third-order valence-corrected chi connectivity index (χ3v) is 2.79. The highest BCUT2D eigenvalue weighted by Crippen LogP contribution is 2.32. The number of non-ortho nitro benzene ring substituents is 1. The second-order valence-corrected chi connectivity index (χ2v) is 3.96. The van der Waals surface area contributed by atoms with E-state index in [0.29, 0.717) is 21.9 Å². The number of rotatable bonds is 1. The van der Waals surface area contributed by atoms with Crippen molar-refractivity contribution >= 4 is 39.8 Å². The predicted octanol–water partition coefficient (Wildman–Crippen LogP) is 3.55. The van der Waals surface area contributed by atoms with Gasteiger partial charge < -0.3 is 9.40 Å². The summed E-state index contributed by atoms with van der Waals surface area (Å²) in [7, 11) is 0. The minimum atomic E-state index is -0.411. The molecule has 0 aliphatic carbocycles. The van der Waals surface area contributed by atoms with Crippen molar-refractivity contribution < 1.29 is 9.34 Å². The zero-order valence-corrected chi connectivity index (χ0v) is 9.28. The number of aromatic amines is 1. The summed E-state index contributed by atoms with van der Waals surface area (Å²) in [6.07, 6.45) is 0. The molecule has 5 nitrogen and oxygen atoms in total. The number of H-pyrrole nitrogens is 1. The Morgan fingerprint density at radius 3 is 2.71 bits per heavy atom. The Hall–Kier alpha value is -2.21. The lowest BCUT2D eigenvalue weighted by molar-refractivity contribution is -0.382. The van der Waals surface area contributed by atoms with Gasteiger partial charge in [0.25, 0.3) is 10.5 Å². The zero-order chi connectivity index (χ0) is 12.0. The lowest BCUT2D eigenvalue weighted by atomic mass is 10.1. The standard InChI is InChI=1S/C11H6N2O3S/c14-13(15)9-5-8-10(16-11(17)12-8)7-4-2-1-3-6(7)9/h1-5H,(H,12,17). The summed E-state index contributed by atoms with van der Waals surface area (Å²) < 4.78 is 5.35. The predicted molar refractivity (Wildman–Crippen MR) is 65.6 cm³/mol. The normalized spacial score (nSPS) is 11.1. The van der Waals surface area contributed by atoms with Crippen LogP contribution in [0.2, 0.25) is 0 Å². The smallest absolute Gasteiger partial charge is 0.279 e. The number of hydrogen-bond acceptors (Lipinski definition) is 4. The average Bonchev–Trinajstić information content (AvgIpc) is 2.68. The van der Waals surface area contributed by atoms with Crippen molar-refractivity contribution in [1.82, 2.24) is 4.98 Å². The highest BCUT2D eigenvalue weighted by molar-refractivity contribution is 7.71. The highest BCUT2D eigenvalue weighted by Gasteiger charge is 2.16. The van der Waals surface area contributed by atoms with Crippen LogP contribution in [0.15, 0.2) is 34.7 Å². The molecule has 6 heteroatoms. The van der Waals surface area contributed by atoms with Crippen LogP contribution in [0.1, 0.15) is 0 Å². The second-order valence-electron chi connectivity index (χ2n) is 3.59. The third-order valence-electron chi connectivity index (χ3n) is 2.60. The van der Waals surface area contributed by atoms with Crippen LogP contribution in [-0.4, -0.2) is 9.91 Å². The van der Waals surface area contributed by atoms with E-state index < -0.39 is 4.92 Å². The molecule has 0 fully saturated rings. The SMILES string of the molecule is O=[N+]([O-])c1cc2[nH]c(=S)oc2c2ccccc12. The number of nitro groups is 1. The Labute approximate surface area is 99.8 Å². The molecule has 0 saturated heterocycles. The summed E-state index contributed by atoms with van der Waals surface area (Å²) in [5.41, 5.74) is 1.14. The number of oxazole rings is 1. The van der Waals surface area contributed by atoms with Gasteiger partial charge in [-0.3, -0.25) is 10.1 Å². The largest absolute Gasteiger partial charge is 0.429 e. The lowest BCUT2D eigenvalue weighted by Crippen LogP contribution is -1.89. The van der Waals surface area contributed by atoms with Gasteiger partial charge in [0.05, 0.1) is 15.8 Å². The van der Waals surface area contributed by atoms with Crippen molar-refractivity contribution in [2.24, 2.45) is 0 Å². The van der Waals surface area contributed by atoms with Crippen molar-refractivity contribution in [2.75, 3.05) is 0 Å². The van der Waals surface area contributed by atoms with Gasteiger partial charge >= 0.3 is 0 Å². The molecule has 0 radical (unpaired) electrons. The maximum Gasteiger partial charge on any atom is 0.279 e. The van der Waals surface area contributed by atoms with Crippen molar-refractivity contribution in [3.63, 3.8) is 0 Å². The number of nitrogens with one attached hydrogen (secondary N) is 1. The van der Waals surface area contributed by atoms with Gasteiger partial charge in [-0.1, -0.05) is 18.2 Å². The van der Waals surface area contributed by atoms with Crippen molar-refractivity contribution in [3.8, 4) is 0 Å². The first-order valence-electron chi connectivity index (χ1n) is 4.86. The van der Waals surface area contributed by atoms with E-state index in [4.69, 9.17) is 16.6 Å². The van der Waals surface area contributed by atoms with E-state index in [1.165, 1.54) is 6.07 Å². The first-order valence-corrected chi connectivity index (χ1v) is 5.26. The van der Waals surface area contributed by atoms with Crippen LogP contribution in [0, 0.1) is 15.0 Å². The highest BCUT2D eigenvalue weighted by atomic mass is 32.1. The van der Waals surface area contributed by atoms with Gasteiger partial charge in [0, 0.05) is 11.5 Å². The van der Waals surface area contributed by atoms with Crippen LogP contribution >= 0.6 is 12.2 Å². The van der Waals surface area contributed by atoms with Crippen LogP contribution < -0.4 is 0 Å². The third kappa shape index (κ3) is 1.42. The molecule has 0 aliphatic rings. The summed E-state index contributed by atoms with van der Waals surface area (Å²) in [6, 6.07) is 8.46. The minimum Gasteiger partial charge on any atom is -0.429 e. The average molecular weight is 246 g/mol. The maximum absolute atomic E-state index is 11.0. The summed E-state index contributed by atoms with van der Waals surface area (Å²) >= 11 is 4.89. The molecule has 17 heavy (non-hydrogen) atoms. The molecule has 3 rings (SSSR count). The van der Waals surface area contributed by atoms with Gasteiger partial charge in [0.15, 0.2) is 5.58 Å². The molecule has 0 saturated carbocycles. The Morgan fingerprint density at radius 1 is 1.29 bits per heavy atom. The van der Waals surface area contributed by atoms with Gasteiger partial charge in [0.2, 0.25) is 0 Å². The first kappa shape index (κ1) is 9.98. The maximum atomic E-state index is 11.0. The number of nitro benzene ring substituents is 1. The quantitative estimate of drug-likeness (QED) is 0.405. The van der Waals surface area contributed by atoms with Crippen molar-refractivity contribution in [2.45, 2.75) is 0 Å². The first-order chi connectivity index (χ1) is 8.16. The number of aromatic nitrogens is 1. The zero-order valence-electron chi connectivity index (χ0n) is 8.47. The Bertz CT molecular complexity index is 803. The molecule has 0 spiro atoms. The Kier molecular flexibility index (Phi) is 1.99. The second kappa shape index (κ2) is 3.39. The molecule has 1 aromatic heterocycles. The monoisotopic (exact) mass is 246 g/mol. The summed E-state index contributed by atoms with van der Waals surface area (Å²) in [6.45, 7) is 0. The molecule has 2 aromatic carbocycles. The van der Waals surface area contributed by atoms with E-state index in [1.54, 1.807) is 24.3 Å². The minimum absolute atomic E-state index is 0.0418. The molecular weight excluding hydrogens is 240 g/mol. The fourth-order valence-corrected chi connectivity index (χ4v) is 2.10. The van der Waals surface area contributed by atoms with E-state index >= 15 is 0 Å². The van der Waals surface area contributed by atoms with E-state index in [-0.39, 0.29) is 10.5 Å². The molecule has 0 aliphatic heterocycles. The molecule has 1 N–H and O–H groups in total. The van der Waals surface area contributed by atoms with Gasteiger partial charge in [-0.2, -0.15) is 0 Å². The van der Waals surface area contributed by atoms with E-state index in [0.717, 1.165) is 0 Å². The van der Waals surface area contributed by atoms with Crippen molar-refractivity contribution in [3.05, 3.63) is 45.3 Å². The van der Waals surface area contributed by atoms with Gasteiger partial charge in [0.1, 0.15) is 0 Å². The van der Waals surface area contributed by atoms with Crippen LogP contribution in [0.25, 0.3) is 21.9 Å². The lowest BCUT2D eigenvalue weighted by Gasteiger charge is -1.99. The fourth-order valence-electron chi connectivity index (χ4n) is 1.91. The number of benzene rings is 2. The Morgan fingerprint density at radius 2 is 2.00 bits per heavy atom. The molecule has 3 aromatic rings. The van der Waals surface area contributed by atoms with Crippen LogP contribution in [0.5, 0.6) is 0 Å². The summed E-state index contributed by atoms with van der Waals surface area (Å²) in [4.78, 5) is 13.6. The number of hydrogen-bond donors (Lipinski definition) is 1. The van der Waals surface area contributed by atoms with E-state index in [2.05, 4.69) is 4.98 Å². The number of nitrogens with zero attached hydrogens (tertiary/aromatic N) is 1. The molecular formula is C11H6N2O3S. The number of fused-ring (bicyclic) bond motifs is 3. The fraction of sp³-hybridized carbons (Fsp3) is 0.